The van der Waals surface area contributed by atoms with Crippen LogP contribution in [-0.2, 0) is 0 Å². The summed E-state index contributed by atoms with van der Waals surface area (Å²) in [4.78, 5) is 24.3. The Morgan fingerprint density at radius 1 is 1.30 bits per heavy atom. The second kappa shape index (κ2) is 8.49. The number of benzene rings is 1. The quantitative estimate of drug-likeness (QED) is 0.527. The SMILES string of the molecule is Cc1cnc2c(N)c(C(=O)NC[C@@H](C)c3cc(F)c(N4C5CCC4CNC5)cc3F)sc2n1. The van der Waals surface area contributed by atoms with E-state index in [1.807, 2.05) is 11.8 Å². The first-order valence-corrected chi connectivity index (χ1v) is 11.9. The molecule has 2 unspecified atom stereocenters. The number of thiophene rings is 1. The van der Waals surface area contributed by atoms with Crippen LogP contribution in [0.1, 0.15) is 46.6 Å². The molecule has 4 heterocycles. The fourth-order valence-corrected chi connectivity index (χ4v) is 5.89. The molecular formula is C23H26F2N6OS. The Labute approximate surface area is 194 Å². The lowest BCUT2D eigenvalue weighted by atomic mass is 9.99. The standard InChI is InChI=1S/C23H26F2N6OS/c1-11(7-29-22(32)21-19(26)20-23(33-21)30-12(2)8-28-20)15-5-17(25)18(6-16(15)24)31-13-3-4-14(31)10-27-9-13/h5-6,8,11,13-14,27H,3-4,7,9-10,26H2,1-2H3,(H,29,32)/t11-,13?,14?/m1/s1. The lowest BCUT2D eigenvalue weighted by Crippen LogP contribution is -2.52. The van der Waals surface area contributed by atoms with Crippen molar-refractivity contribution in [3.05, 3.63) is 46.1 Å². The highest BCUT2D eigenvalue weighted by atomic mass is 32.1. The van der Waals surface area contributed by atoms with Gasteiger partial charge in [0, 0.05) is 49.9 Å². The van der Waals surface area contributed by atoms with Gasteiger partial charge in [0.2, 0.25) is 0 Å². The number of amides is 1. The normalized spacial score (nSPS) is 20.9. The van der Waals surface area contributed by atoms with E-state index < -0.39 is 17.6 Å². The maximum Gasteiger partial charge on any atom is 0.263 e. The molecule has 33 heavy (non-hydrogen) atoms. The van der Waals surface area contributed by atoms with Crippen LogP contribution in [0.2, 0.25) is 0 Å². The molecule has 2 aliphatic heterocycles. The Bertz CT molecular complexity index is 1220. The molecule has 4 N–H and O–H groups in total. The fourth-order valence-electron chi connectivity index (χ4n) is 4.87. The van der Waals surface area contributed by atoms with Crippen LogP contribution in [0, 0.1) is 18.6 Å². The molecule has 3 aromatic rings. The van der Waals surface area contributed by atoms with Crippen molar-refractivity contribution in [3.63, 3.8) is 0 Å². The number of halogens is 2. The van der Waals surface area contributed by atoms with E-state index in [4.69, 9.17) is 5.73 Å². The number of rotatable bonds is 5. The molecule has 2 bridgehead atoms. The molecule has 7 nitrogen and oxygen atoms in total. The maximum absolute atomic E-state index is 15.1. The number of nitrogen functional groups attached to an aromatic ring is 1. The molecule has 0 spiro atoms. The highest BCUT2D eigenvalue weighted by Crippen LogP contribution is 2.36. The highest BCUT2D eigenvalue weighted by molar-refractivity contribution is 7.21. The third kappa shape index (κ3) is 3.91. The van der Waals surface area contributed by atoms with E-state index in [1.165, 1.54) is 23.5 Å². The van der Waals surface area contributed by atoms with Gasteiger partial charge in [-0.05, 0) is 31.4 Å². The summed E-state index contributed by atoms with van der Waals surface area (Å²) in [6.45, 7) is 5.28. The van der Waals surface area contributed by atoms with Crippen molar-refractivity contribution in [3.8, 4) is 0 Å². The number of nitrogens with one attached hydrogen (secondary N) is 2. The first kappa shape index (κ1) is 22.0. The Balaban J connectivity index is 1.31. The molecule has 1 amide bonds. The second-order valence-electron chi connectivity index (χ2n) is 8.90. The van der Waals surface area contributed by atoms with Crippen molar-refractivity contribution in [2.75, 3.05) is 30.3 Å². The minimum Gasteiger partial charge on any atom is -0.396 e. The molecule has 10 heteroatoms. The van der Waals surface area contributed by atoms with Crippen LogP contribution in [0.25, 0.3) is 10.3 Å². The van der Waals surface area contributed by atoms with E-state index in [1.54, 1.807) is 13.1 Å². The average molecular weight is 473 g/mol. The lowest BCUT2D eigenvalue weighted by Gasteiger charge is -2.37. The van der Waals surface area contributed by atoms with E-state index >= 15 is 8.78 Å². The number of hydrogen-bond acceptors (Lipinski definition) is 7. The number of hydrogen-bond donors (Lipinski definition) is 3. The van der Waals surface area contributed by atoms with Crippen molar-refractivity contribution < 1.29 is 13.6 Å². The Kier molecular flexibility index (Phi) is 5.65. The first-order valence-electron chi connectivity index (χ1n) is 11.1. The molecule has 2 fully saturated rings. The Morgan fingerprint density at radius 3 is 2.76 bits per heavy atom. The molecule has 5 rings (SSSR count). The third-order valence-corrected chi connectivity index (χ3v) is 7.68. The summed E-state index contributed by atoms with van der Waals surface area (Å²) in [5, 5.41) is 6.14. The summed E-state index contributed by atoms with van der Waals surface area (Å²) in [7, 11) is 0. The van der Waals surface area contributed by atoms with Gasteiger partial charge < -0.3 is 21.3 Å². The molecule has 2 aliphatic rings. The number of nitrogens with zero attached hydrogens (tertiary/aromatic N) is 3. The van der Waals surface area contributed by atoms with Gasteiger partial charge >= 0.3 is 0 Å². The van der Waals surface area contributed by atoms with Crippen molar-refractivity contribution in [1.29, 1.82) is 0 Å². The van der Waals surface area contributed by atoms with Crippen LogP contribution in [0.4, 0.5) is 20.2 Å². The largest absolute Gasteiger partial charge is 0.396 e. The van der Waals surface area contributed by atoms with Gasteiger partial charge in [0.25, 0.3) is 5.91 Å². The zero-order chi connectivity index (χ0) is 23.3. The predicted octanol–water partition coefficient (Wildman–Crippen LogP) is 3.33. The van der Waals surface area contributed by atoms with Crippen molar-refractivity contribution in [2.45, 2.75) is 44.7 Å². The van der Waals surface area contributed by atoms with Gasteiger partial charge in [-0.3, -0.25) is 4.79 Å². The minimum absolute atomic E-state index is 0.140. The summed E-state index contributed by atoms with van der Waals surface area (Å²) in [5.41, 5.74) is 8.17. The van der Waals surface area contributed by atoms with Gasteiger partial charge in [-0.15, -0.1) is 11.3 Å². The van der Waals surface area contributed by atoms with E-state index in [-0.39, 0.29) is 35.8 Å². The number of anilines is 2. The number of nitrogens with two attached hydrogens (primary N) is 1. The van der Waals surface area contributed by atoms with Crippen LogP contribution in [0.15, 0.2) is 18.3 Å². The van der Waals surface area contributed by atoms with Crippen molar-refractivity contribution >= 4 is 39.0 Å². The number of aromatic nitrogens is 2. The average Bonchev–Trinajstić information content (AvgIpc) is 3.24. The molecule has 2 saturated heterocycles. The van der Waals surface area contributed by atoms with Gasteiger partial charge in [0.1, 0.15) is 26.9 Å². The number of carbonyl (C=O) groups excluding carboxylic acids is 1. The van der Waals surface area contributed by atoms with Gasteiger partial charge in [-0.2, -0.15) is 0 Å². The number of piperazine rings is 1. The maximum atomic E-state index is 15.1. The van der Waals surface area contributed by atoms with E-state index in [0.717, 1.165) is 31.6 Å². The van der Waals surface area contributed by atoms with Gasteiger partial charge in [0.15, 0.2) is 0 Å². The minimum atomic E-state index is -0.462. The van der Waals surface area contributed by atoms with Crippen LogP contribution in [0.3, 0.4) is 0 Å². The van der Waals surface area contributed by atoms with Crippen LogP contribution in [0.5, 0.6) is 0 Å². The van der Waals surface area contributed by atoms with E-state index in [2.05, 4.69) is 20.6 Å². The second-order valence-corrected chi connectivity index (χ2v) is 9.90. The van der Waals surface area contributed by atoms with Crippen molar-refractivity contribution in [2.24, 2.45) is 0 Å². The van der Waals surface area contributed by atoms with E-state index in [9.17, 15) is 4.79 Å². The summed E-state index contributed by atoms with van der Waals surface area (Å²) in [6.07, 6.45) is 3.56. The van der Waals surface area contributed by atoms with E-state index in [0.29, 0.717) is 20.9 Å². The predicted molar refractivity (Wildman–Crippen MR) is 126 cm³/mol. The van der Waals surface area contributed by atoms with Gasteiger partial charge in [-0.25, -0.2) is 18.7 Å². The van der Waals surface area contributed by atoms with Crippen molar-refractivity contribution in [1.82, 2.24) is 20.6 Å². The summed E-state index contributed by atoms with van der Waals surface area (Å²) in [5.74, 6) is -1.69. The number of carbonyl (C=O) groups is 1. The fraction of sp³-hybridized carbons (Fsp3) is 0.435. The zero-order valence-corrected chi connectivity index (χ0v) is 19.3. The van der Waals surface area contributed by atoms with Gasteiger partial charge in [0.05, 0.1) is 17.1 Å². The molecule has 1 aromatic carbocycles. The van der Waals surface area contributed by atoms with Crippen LogP contribution in [-0.4, -0.2) is 47.6 Å². The molecule has 2 aromatic heterocycles. The molecule has 174 valence electrons. The smallest absolute Gasteiger partial charge is 0.263 e. The number of aryl methyl sites for hydroxylation is 1. The highest BCUT2D eigenvalue weighted by Gasteiger charge is 2.38. The van der Waals surface area contributed by atoms with Crippen LogP contribution < -0.4 is 21.3 Å². The topological polar surface area (TPSA) is 96.2 Å². The zero-order valence-electron chi connectivity index (χ0n) is 18.5. The lowest BCUT2D eigenvalue weighted by molar-refractivity contribution is 0.0956. The summed E-state index contributed by atoms with van der Waals surface area (Å²) in [6, 6.07) is 2.97. The first-order chi connectivity index (χ1) is 15.8. The molecule has 0 saturated carbocycles. The van der Waals surface area contributed by atoms with Gasteiger partial charge in [-0.1, -0.05) is 6.92 Å². The Morgan fingerprint density at radius 2 is 2.03 bits per heavy atom. The summed E-state index contributed by atoms with van der Waals surface area (Å²) < 4.78 is 30.1. The molecular weight excluding hydrogens is 446 g/mol. The summed E-state index contributed by atoms with van der Waals surface area (Å²) >= 11 is 1.17. The van der Waals surface area contributed by atoms with Crippen LogP contribution >= 0.6 is 11.3 Å². The molecule has 3 atom stereocenters. The Hall–Kier alpha value is -2.85. The monoisotopic (exact) mass is 472 g/mol. The number of fused-ring (bicyclic) bond motifs is 3. The third-order valence-electron chi connectivity index (χ3n) is 6.59. The molecule has 0 aliphatic carbocycles. The molecule has 0 radical (unpaired) electrons.